The van der Waals surface area contributed by atoms with E-state index in [4.69, 9.17) is 5.73 Å². The van der Waals surface area contributed by atoms with Gasteiger partial charge in [0.15, 0.2) is 0 Å². The number of nitrogen functional groups attached to an aromatic ring is 1. The van der Waals surface area contributed by atoms with Crippen LogP contribution in [0.4, 0.5) is 16.4 Å². The lowest BCUT2D eigenvalue weighted by Gasteiger charge is -2.07. The predicted molar refractivity (Wildman–Crippen MR) is 51.6 cm³/mol. The number of amides is 2. The SMILES string of the molecule is CN1CC(=Nc2nonc2N)N(C)C1=O. The van der Waals surface area contributed by atoms with Crippen LogP contribution in [0.2, 0.25) is 0 Å². The van der Waals surface area contributed by atoms with Gasteiger partial charge in [-0.15, -0.1) is 0 Å². The van der Waals surface area contributed by atoms with E-state index in [1.165, 1.54) is 9.80 Å². The third-order valence-electron chi connectivity index (χ3n) is 2.11. The monoisotopic (exact) mass is 210 g/mol. The summed E-state index contributed by atoms with van der Waals surface area (Å²) in [7, 11) is 3.32. The average molecular weight is 210 g/mol. The summed E-state index contributed by atoms with van der Waals surface area (Å²) in [5.74, 6) is 0.864. The molecule has 0 saturated carbocycles. The highest BCUT2D eigenvalue weighted by Gasteiger charge is 2.28. The molecule has 2 rings (SSSR count). The van der Waals surface area contributed by atoms with Crippen molar-refractivity contribution in [1.29, 1.82) is 0 Å². The maximum absolute atomic E-state index is 11.4. The molecule has 0 bridgehead atoms. The van der Waals surface area contributed by atoms with Gasteiger partial charge in [0.25, 0.3) is 0 Å². The normalized spacial score (nSPS) is 19.3. The molecule has 15 heavy (non-hydrogen) atoms. The zero-order valence-electron chi connectivity index (χ0n) is 8.34. The number of amidine groups is 1. The molecule has 8 heteroatoms. The standard InChI is InChI=1S/C7H10N6O2/c1-12-3-4(13(2)7(12)14)9-6-5(8)10-15-11-6/h3H2,1-2H3,(H2,8,10). The van der Waals surface area contributed by atoms with Crippen molar-refractivity contribution in [1.82, 2.24) is 20.1 Å². The summed E-state index contributed by atoms with van der Waals surface area (Å²) in [5.41, 5.74) is 5.44. The van der Waals surface area contributed by atoms with Crippen LogP contribution < -0.4 is 5.73 Å². The first-order chi connectivity index (χ1) is 7.09. The van der Waals surface area contributed by atoms with Crippen LogP contribution in [0.15, 0.2) is 9.62 Å². The number of carbonyl (C=O) groups is 1. The fourth-order valence-corrected chi connectivity index (χ4v) is 1.25. The van der Waals surface area contributed by atoms with Crippen molar-refractivity contribution in [3.63, 3.8) is 0 Å². The van der Waals surface area contributed by atoms with E-state index < -0.39 is 0 Å². The van der Waals surface area contributed by atoms with E-state index in [1.54, 1.807) is 14.1 Å². The van der Waals surface area contributed by atoms with Crippen LogP contribution >= 0.6 is 0 Å². The van der Waals surface area contributed by atoms with Gasteiger partial charge < -0.3 is 10.6 Å². The molecule has 2 N–H and O–H groups in total. The van der Waals surface area contributed by atoms with Crippen LogP contribution in [0.3, 0.4) is 0 Å². The number of rotatable bonds is 1. The van der Waals surface area contributed by atoms with Crippen molar-refractivity contribution in [2.45, 2.75) is 0 Å². The molecular formula is C7H10N6O2. The Bertz CT molecular complexity index is 425. The van der Waals surface area contributed by atoms with E-state index in [2.05, 4.69) is 19.9 Å². The molecule has 2 amide bonds. The first kappa shape index (κ1) is 9.44. The highest BCUT2D eigenvalue weighted by Crippen LogP contribution is 2.18. The number of nitrogens with two attached hydrogens (primary N) is 1. The van der Waals surface area contributed by atoms with Crippen LogP contribution in [0.5, 0.6) is 0 Å². The van der Waals surface area contributed by atoms with Gasteiger partial charge >= 0.3 is 6.03 Å². The quantitative estimate of drug-likeness (QED) is 0.684. The number of nitrogens with zero attached hydrogens (tertiary/aromatic N) is 5. The Balaban J connectivity index is 2.29. The van der Waals surface area contributed by atoms with E-state index >= 15 is 0 Å². The van der Waals surface area contributed by atoms with Crippen LogP contribution in [0.25, 0.3) is 0 Å². The molecule has 1 aromatic rings. The number of likely N-dealkylation sites (N-methyl/N-ethyl adjacent to an activating group) is 2. The average Bonchev–Trinajstić information content (AvgIpc) is 2.69. The van der Waals surface area contributed by atoms with E-state index in [-0.39, 0.29) is 17.7 Å². The number of urea groups is 1. The highest BCUT2D eigenvalue weighted by atomic mass is 16.6. The van der Waals surface area contributed by atoms with Crippen molar-refractivity contribution in [3.8, 4) is 0 Å². The summed E-state index contributed by atoms with van der Waals surface area (Å²) >= 11 is 0. The summed E-state index contributed by atoms with van der Waals surface area (Å²) in [6, 6.07) is -0.122. The maximum Gasteiger partial charge on any atom is 0.325 e. The summed E-state index contributed by atoms with van der Waals surface area (Å²) in [5, 5.41) is 6.90. The summed E-state index contributed by atoms with van der Waals surface area (Å²) in [4.78, 5) is 18.5. The molecule has 1 saturated heterocycles. The fraction of sp³-hybridized carbons (Fsp3) is 0.429. The Kier molecular flexibility index (Phi) is 2.03. The predicted octanol–water partition coefficient (Wildman–Crippen LogP) is -0.321. The van der Waals surface area contributed by atoms with Crippen LogP contribution in [-0.4, -0.2) is 52.6 Å². The van der Waals surface area contributed by atoms with Crippen molar-refractivity contribution in [2.24, 2.45) is 4.99 Å². The minimum absolute atomic E-state index is 0.109. The van der Waals surface area contributed by atoms with Gasteiger partial charge in [-0.3, -0.25) is 4.90 Å². The molecule has 2 heterocycles. The third kappa shape index (κ3) is 1.49. The summed E-state index contributed by atoms with van der Waals surface area (Å²) < 4.78 is 4.40. The van der Waals surface area contributed by atoms with Gasteiger partial charge in [0, 0.05) is 14.1 Å². The van der Waals surface area contributed by atoms with Gasteiger partial charge in [-0.1, -0.05) is 0 Å². The lowest BCUT2D eigenvalue weighted by molar-refractivity contribution is 0.209. The molecule has 0 aliphatic carbocycles. The van der Waals surface area contributed by atoms with Crippen LogP contribution in [0.1, 0.15) is 0 Å². The molecule has 0 radical (unpaired) electrons. The number of hydrogen-bond donors (Lipinski definition) is 1. The van der Waals surface area contributed by atoms with Crippen molar-refractivity contribution in [2.75, 3.05) is 26.4 Å². The summed E-state index contributed by atoms with van der Waals surface area (Å²) in [6.45, 7) is 0.418. The molecule has 1 fully saturated rings. The molecule has 0 atom stereocenters. The largest absolute Gasteiger partial charge is 0.378 e. The highest BCUT2D eigenvalue weighted by molar-refractivity contribution is 6.05. The Morgan fingerprint density at radius 2 is 2.20 bits per heavy atom. The molecule has 8 nitrogen and oxygen atoms in total. The molecule has 80 valence electrons. The van der Waals surface area contributed by atoms with Gasteiger partial charge in [-0.25, -0.2) is 14.4 Å². The third-order valence-corrected chi connectivity index (χ3v) is 2.11. The van der Waals surface area contributed by atoms with Crippen molar-refractivity contribution < 1.29 is 9.42 Å². The van der Waals surface area contributed by atoms with Crippen LogP contribution in [0, 0.1) is 0 Å². The number of aromatic nitrogens is 2. The zero-order valence-corrected chi connectivity index (χ0v) is 8.34. The van der Waals surface area contributed by atoms with Gasteiger partial charge in [0.1, 0.15) is 5.84 Å². The second kappa shape index (κ2) is 3.23. The molecule has 0 spiro atoms. The van der Waals surface area contributed by atoms with Gasteiger partial charge in [-0.05, 0) is 10.3 Å². The van der Waals surface area contributed by atoms with Crippen molar-refractivity contribution >= 4 is 23.5 Å². The summed E-state index contributed by atoms with van der Waals surface area (Å²) in [6.07, 6.45) is 0. The van der Waals surface area contributed by atoms with Gasteiger partial charge in [0.05, 0.1) is 6.54 Å². The molecule has 1 aliphatic heterocycles. The second-order valence-corrected chi connectivity index (χ2v) is 3.20. The molecule has 1 aromatic heterocycles. The molecular weight excluding hydrogens is 200 g/mol. The maximum atomic E-state index is 11.4. The molecule has 0 unspecified atom stereocenters. The molecule has 1 aliphatic rings. The molecule has 0 aromatic carbocycles. The van der Waals surface area contributed by atoms with Gasteiger partial charge in [0.2, 0.25) is 11.6 Å². The van der Waals surface area contributed by atoms with Crippen molar-refractivity contribution in [3.05, 3.63) is 0 Å². The number of aliphatic imine (C=N–C) groups is 1. The fourth-order valence-electron chi connectivity index (χ4n) is 1.25. The smallest absolute Gasteiger partial charge is 0.325 e. The minimum Gasteiger partial charge on any atom is -0.378 e. The topological polar surface area (TPSA) is 101 Å². The number of anilines is 1. The second-order valence-electron chi connectivity index (χ2n) is 3.20. The zero-order chi connectivity index (χ0) is 11.0. The minimum atomic E-state index is -0.122. The Morgan fingerprint density at radius 1 is 1.47 bits per heavy atom. The first-order valence-electron chi connectivity index (χ1n) is 4.24. The Hall–Kier alpha value is -2.12. The van der Waals surface area contributed by atoms with Gasteiger partial charge in [-0.2, -0.15) is 0 Å². The number of hydrogen-bond acceptors (Lipinski definition) is 6. The van der Waals surface area contributed by atoms with Crippen LogP contribution in [-0.2, 0) is 0 Å². The first-order valence-corrected chi connectivity index (χ1v) is 4.24. The van der Waals surface area contributed by atoms with E-state index in [9.17, 15) is 4.79 Å². The van der Waals surface area contributed by atoms with E-state index in [0.717, 1.165) is 0 Å². The Morgan fingerprint density at radius 3 is 2.67 bits per heavy atom. The Labute approximate surface area is 85.3 Å². The van der Waals surface area contributed by atoms with E-state index in [1.807, 2.05) is 0 Å². The lowest BCUT2D eigenvalue weighted by Crippen LogP contribution is -2.27. The lowest BCUT2D eigenvalue weighted by atomic mass is 10.5. The number of carbonyl (C=O) groups excluding carboxylic acids is 1. The van der Waals surface area contributed by atoms with E-state index in [0.29, 0.717) is 12.4 Å².